The third-order valence-electron chi connectivity index (χ3n) is 3.58. The van der Waals surface area contributed by atoms with Crippen LogP contribution in [0, 0.1) is 0 Å². The molecule has 1 atom stereocenters. The normalized spacial score (nSPS) is 11.9. The molecule has 0 aliphatic carbocycles. The van der Waals surface area contributed by atoms with Crippen molar-refractivity contribution in [2.75, 3.05) is 10.6 Å². The van der Waals surface area contributed by atoms with Gasteiger partial charge in [0.05, 0.1) is 17.9 Å². The third kappa shape index (κ3) is 4.24. The number of hydrogen-bond donors (Lipinski definition) is 2. The Kier molecular flexibility index (Phi) is 5.16. The summed E-state index contributed by atoms with van der Waals surface area (Å²) in [6.45, 7) is 2.87. The fourth-order valence-electron chi connectivity index (χ4n) is 2.37. The van der Waals surface area contributed by atoms with Crippen molar-refractivity contribution >= 4 is 34.3 Å². The van der Waals surface area contributed by atoms with Gasteiger partial charge in [0.25, 0.3) is 0 Å². The van der Waals surface area contributed by atoms with Crippen LogP contribution >= 0.6 is 22.9 Å². The Hall–Kier alpha value is -2.04. The summed E-state index contributed by atoms with van der Waals surface area (Å²) in [6, 6.07) is 18.9. The summed E-state index contributed by atoms with van der Waals surface area (Å²) >= 11 is 7.37. The van der Waals surface area contributed by atoms with Gasteiger partial charge in [-0.15, -0.1) is 11.3 Å². The highest BCUT2D eigenvalue weighted by molar-refractivity contribution is 7.15. The van der Waals surface area contributed by atoms with Crippen molar-refractivity contribution in [2.45, 2.75) is 19.5 Å². The first-order valence-electron chi connectivity index (χ1n) is 7.47. The summed E-state index contributed by atoms with van der Waals surface area (Å²) in [4.78, 5) is 5.18. The van der Waals surface area contributed by atoms with Gasteiger partial charge in [0, 0.05) is 17.1 Å². The van der Waals surface area contributed by atoms with Gasteiger partial charge in [-0.2, -0.15) is 0 Å². The molecule has 1 aromatic heterocycles. The van der Waals surface area contributed by atoms with Crippen molar-refractivity contribution in [2.24, 2.45) is 0 Å². The molecule has 2 aromatic carbocycles. The van der Waals surface area contributed by atoms with Gasteiger partial charge in [-0.3, -0.25) is 0 Å². The quantitative estimate of drug-likeness (QED) is 0.613. The van der Waals surface area contributed by atoms with Gasteiger partial charge >= 0.3 is 0 Å². The fourth-order valence-corrected chi connectivity index (χ4v) is 3.29. The molecule has 0 amide bonds. The summed E-state index contributed by atoms with van der Waals surface area (Å²) in [5.41, 5.74) is 3.41. The van der Waals surface area contributed by atoms with Gasteiger partial charge in [-0.1, -0.05) is 54.1 Å². The predicted octanol–water partition coefficient (Wildman–Crippen LogP) is 5.58. The van der Waals surface area contributed by atoms with Crippen LogP contribution in [0.3, 0.4) is 0 Å². The van der Waals surface area contributed by atoms with Crippen LogP contribution in [0.5, 0.6) is 0 Å². The SMILES string of the molecule is CC(Nc1ccccc1NCc1cnc(Cl)s1)c1ccccc1. The van der Waals surface area contributed by atoms with Crippen LogP contribution in [-0.4, -0.2) is 4.98 Å². The van der Waals surface area contributed by atoms with Crippen LogP contribution in [0.4, 0.5) is 11.4 Å². The Morgan fingerprint density at radius 2 is 1.74 bits per heavy atom. The topological polar surface area (TPSA) is 37.0 Å². The first-order valence-corrected chi connectivity index (χ1v) is 8.66. The zero-order valence-electron chi connectivity index (χ0n) is 12.8. The van der Waals surface area contributed by atoms with E-state index < -0.39 is 0 Å². The van der Waals surface area contributed by atoms with Crippen LogP contribution in [0.1, 0.15) is 23.4 Å². The van der Waals surface area contributed by atoms with Crippen molar-refractivity contribution in [3.05, 3.63) is 75.7 Å². The van der Waals surface area contributed by atoms with E-state index in [1.54, 1.807) is 0 Å². The first kappa shape index (κ1) is 15.8. The van der Waals surface area contributed by atoms with E-state index >= 15 is 0 Å². The average molecular weight is 344 g/mol. The van der Waals surface area contributed by atoms with Gasteiger partial charge in [-0.05, 0) is 24.6 Å². The summed E-state index contributed by atoms with van der Waals surface area (Å²) in [5.74, 6) is 0. The second-order valence-corrected chi connectivity index (χ2v) is 6.95. The van der Waals surface area contributed by atoms with Crippen molar-refractivity contribution < 1.29 is 0 Å². The summed E-state index contributed by atoms with van der Waals surface area (Å²) in [6.07, 6.45) is 1.81. The molecular weight excluding hydrogens is 326 g/mol. The number of rotatable bonds is 6. The molecule has 23 heavy (non-hydrogen) atoms. The second-order valence-electron chi connectivity index (χ2n) is 5.26. The van der Waals surface area contributed by atoms with E-state index in [0.29, 0.717) is 11.0 Å². The highest BCUT2D eigenvalue weighted by Crippen LogP contribution is 2.27. The first-order chi connectivity index (χ1) is 11.2. The Labute approximate surface area is 145 Å². The fraction of sp³-hybridized carbons (Fsp3) is 0.167. The molecule has 0 aliphatic rings. The Bertz CT molecular complexity index is 758. The molecule has 0 fully saturated rings. The lowest BCUT2D eigenvalue weighted by Crippen LogP contribution is -2.09. The molecule has 3 nitrogen and oxygen atoms in total. The molecule has 0 saturated carbocycles. The average Bonchev–Trinajstić information content (AvgIpc) is 3.00. The van der Waals surface area contributed by atoms with Crippen LogP contribution in [0.2, 0.25) is 4.47 Å². The third-order valence-corrected chi connectivity index (χ3v) is 4.69. The maximum absolute atomic E-state index is 5.88. The van der Waals surface area contributed by atoms with Crippen molar-refractivity contribution in [3.8, 4) is 0 Å². The maximum Gasteiger partial charge on any atom is 0.183 e. The van der Waals surface area contributed by atoms with Gasteiger partial charge in [-0.25, -0.2) is 4.98 Å². The van der Waals surface area contributed by atoms with E-state index in [-0.39, 0.29) is 6.04 Å². The molecule has 0 radical (unpaired) electrons. The molecule has 3 aromatic rings. The van der Waals surface area contributed by atoms with Gasteiger partial charge in [0.1, 0.15) is 0 Å². The minimum Gasteiger partial charge on any atom is -0.378 e. The number of thiazole rings is 1. The zero-order valence-corrected chi connectivity index (χ0v) is 14.4. The van der Waals surface area contributed by atoms with Gasteiger partial charge in [0.15, 0.2) is 4.47 Å². The van der Waals surface area contributed by atoms with Crippen LogP contribution in [-0.2, 0) is 6.54 Å². The lowest BCUT2D eigenvalue weighted by molar-refractivity contribution is 0.884. The van der Waals surface area contributed by atoms with E-state index in [0.717, 1.165) is 16.3 Å². The van der Waals surface area contributed by atoms with Crippen LogP contribution < -0.4 is 10.6 Å². The standard InChI is InChI=1S/C18H18ClN3S/c1-13(14-7-3-2-4-8-14)22-17-10-6-5-9-16(17)20-11-15-12-21-18(19)23-15/h2-10,12-13,20,22H,11H2,1H3. The smallest absolute Gasteiger partial charge is 0.183 e. The van der Waals surface area contributed by atoms with Crippen LogP contribution in [0.25, 0.3) is 0 Å². The molecule has 1 unspecified atom stereocenters. The highest BCUT2D eigenvalue weighted by Gasteiger charge is 2.08. The van der Waals surface area contributed by atoms with Crippen molar-refractivity contribution in [3.63, 3.8) is 0 Å². The predicted molar refractivity (Wildman–Crippen MR) is 99.4 cm³/mol. The van der Waals surface area contributed by atoms with E-state index in [1.807, 2.05) is 24.4 Å². The Morgan fingerprint density at radius 3 is 2.43 bits per heavy atom. The molecular formula is C18H18ClN3S. The molecule has 0 saturated heterocycles. The maximum atomic E-state index is 5.88. The highest BCUT2D eigenvalue weighted by atomic mass is 35.5. The van der Waals surface area contributed by atoms with E-state index in [4.69, 9.17) is 11.6 Å². The molecule has 118 valence electrons. The van der Waals surface area contributed by atoms with E-state index in [2.05, 4.69) is 58.9 Å². The zero-order chi connectivity index (χ0) is 16.1. The summed E-state index contributed by atoms with van der Waals surface area (Å²) < 4.78 is 0.575. The lowest BCUT2D eigenvalue weighted by Gasteiger charge is -2.19. The second kappa shape index (κ2) is 7.49. The molecule has 3 rings (SSSR count). The Morgan fingerprint density at radius 1 is 1.04 bits per heavy atom. The minimum atomic E-state index is 0.233. The molecule has 2 N–H and O–H groups in total. The summed E-state index contributed by atoms with van der Waals surface area (Å²) in [7, 11) is 0. The van der Waals surface area contributed by atoms with E-state index in [1.165, 1.54) is 16.9 Å². The summed E-state index contributed by atoms with van der Waals surface area (Å²) in [5, 5.41) is 7.02. The molecule has 0 aliphatic heterocycles. The van der Waals surface area contributed by atoms with Gasteiger partial charge in [0.2, 0.25) is 0 Å². The van der Waals surface area contributed by atoms with Crippen molar-refractivity contribution in [1.82, 2.24) is 4.98 Å². The van der Waals surface area contributed by atoms with Crippen molar-refractivity contribution in [1.29, 1.82) is 0 Å². The molecule has 5 heteroatoms. The monoisotopic (exact) mass is 343 g/mol. The van der Waals surface area contributed by atoms with E-state index in [9.17, 15) is 0 Å². The number of para-hydroxylation sites is 2. The number of halogens is 1. The van der Waals surface area contributed by atoms with Gasteiger partial charge < -0.3 is 10.6 Å². The number of nitrogens with one attached hydrogen (secondary N) is 2. The largest absolute Gasteiger partial charge is 0.378 e. The number of aromatic nitrogens is 1. The molecule has 0 bridgehead atoms. The van der Waals surface area contributed by atoms with Crippen LogP contribution in [0.15, 0.2) is 60.8 Å². The number of hydrogen-bond acceptors (Lipinski definition) is 4. The minimum absolute atomic E-state index is 0.233. The molecule has 0 spiro atoms. The Balaban J connectivity index is 1.70. The number of nitrogens with zero attached hydrogens (tertiary/aromatic N) is 1. The number of benzene rings is 2. The lowest BCUT2D eigenvalue weighted by atomic mass is 10.1. The number of anilines is 2. The molecule has 1 heterocycles.